The highest BCUT2D eigenvalue weighted by Gasteiger charge is 2.41. The maximum atomic E-state index is 14.0. The molecule has 13 heteroatoms. The molecule has 1 fully saturated rings. The zero-order valence-corrected chi connectivity index (χ0v) is 25.1. The number of hydrogen-bond donors (Lipinski definition) is 2. The second kappa shape index (κ2) is 10.3. The van der Waals surface area contributed by atoms with Crippen molar-refractivity contribution >= 4 is 34.1 Å². The molecule has 1 amide bonds. The van der Waals surface area contributed by atoms with Gasteiger partial charge in [-0.3, -0.25) is 18.6 Å². The van der Waals surface area contributed by atoms with E-state index in [1.54, 1.807) is 34.2 Å². The topological polar surface area (TPSA) is 147 Å². The number of imidazole rings is 1. The molecular formula is C31H33N7O6. The predicted molar refractivity (Wildman–Crippen MR) is 162 cm³/mol. The Morgan fingerprint density at radius 2 is 1.91 bits per heavy atom. The van der Waals surface area contributed by atoms with Gasteiger partial charge in [0.15, 0.2) is 0 Å². The fraction of sp³-hybridized carbons (Fsp3) is 0.387. The van der Waals surface area contributed by atoms with Crippen LogP contribution in [0.4, 0.5) is 4.79 Å². The lowest BCUT2D eigenvalue weighted by atomic mass is 9.93. The van der Waals surface area contributed by atoms with Crippen molar-refractivity contribution in [1.82, 2.24) is 34.2 Å². The standard InChI is InChI=1S/C31H33N7O6/c1-15-10-23(39)44-22-12-18(11-20(22)33-30(40)43-5)38-27-21(37(3)31(38)41)13-32-28-25(27)24(17-8-6-16(15)7-9-17)26(34-28)19-14-36(2)35-29(19)42-4/h6-9,13-15,18,20,22H,10-12H2,1-5H3,(H,32,34)(H,33,40)/t15-,18+,20+,22-/m1/s1. The molecule has 1 aromatic carbocycles. The van der Waals surface area contributed by atoms with Crippen LogP contribution in [0.1, 0.15) is 43.7 Å². The van der Waals surface area contributed by atoms with Crippen molar-refractivity contribution in [2.45, 2.75) is 50.3 Å². The zero-order chi connectivity index (χ0) is 30.9. The molecule has 0 radical (unpaired) electrons. The summed E-state index contributed by atoms with van der Waals surface area (Å²) in [6.07, 6.45) is 3.17. The van der Waals surface area contributed by atoms with Gasteiger partial charge in [-0.1, -0.05) is 31.2 Å². The summed E-state index contributed by atoms with van der Waals surface area (Å²) in [4.78, 5) is 47.8. The summed E-state index contributed by atoms with van der Waals surface area (Å²) in [7, 11) is 6.41. The van der Waals surface area contributed by atoms with Gasteiger partial charge in [0.2, 0.25) is 5.88 Å². The second-order valence-corrected chi connectivity index (χ2v) is 11.7. The minimum absolute atomic E-state index is 0.110. The summed E-state index contributed by atoms with van der Waals surface area (Å²) in [5, 5.41) is 8.09. The Hall–Kier alpha value is -5.07. The molecule has 4 aromatic heterocycles. The molecular weight excluding hydrogens is 566 g/mol. The number of carbonyl (C=O) groups excluding carboxylic acids is 2. The number of pyridine rings is 1. The maximum Gasteiger partial charge on any atom is 0.407 e. The molecule has 1 saturated carbocycles. The molecule has 0 spiro atoms. The summed E-state index contributed by atoms with van der Waals surface area (Å²) in [6.45, 7) is 1.98. The van der Waals surface area contributed by atoms with E-state index < -0.39 is 18.2 Å². The Bertz CT molecular complexity index is 2000. The van der Waals surface area contributed by atoms with E-state index in [2.05, 4.69) is 15.4 Å². The molecule has 6 heterocycles. The molecule has 2 N–H and O–H groups in total. The minimum Gasteiger partial charge on any atom is -0.479 e. The number of methoxy groups -OCH3 is 2. The van der Waals surface area contributed by atoms with E-state index in [4.69, 9.17) is 19.2 Å². The van der Waals surface area contributed by atoms with Gasteiger partial charge in [-0.2, -0.15) is 0 Å². The fourth-order valence-corrected chi connectivity index (χ4v) is 6.84. The Morgan fingerprint density at radius 3 is 2.64 bits per heavy atom. The lowest BCUT2D eigenvalue weighted by Crippen LogP contribution is -2.42. The van der Waals surface area contributed by atoms with Crippen molar-refractivity contribution in [1.29, 1.82) is 0 Å². The third-order valence-electron chi connectivity index (χ3n) is 8.99. The summed E-state index contributed by atoms with van der Waals surface area (Å²) in [6, 6.07) is 7.14. The molecule has 0 unspecified atom stereocenters. The number of H-pyrrole nitrogens is 1. The maximum absolute atomic E-state index is 14.0. The molecule has 5 aromatic rings. The highest BCUT2D eigenvalue weighted by molar-refractivity contribution is 6.14. The van der Waals surface area contributed by atoms with Crippen molar-refractivity contribution in [2.75, 3.05) is 14.2 Å². The van der Waals surface area contributed by atoms with Gasteiger partial charge in [0.1, 0.15) is 11.8 Å². The highest BCUT2D eigenvalue weighted by Crippen LogP contribution is 2.45. The van der Waals surface area contributed by atoms with Crippen molar-refractivity contribution in [3.8, 4) is 28.3 Å². The van der Waals surface area contributed by atoms with Crippen LogP contribution in [0.15, 0.2) is 41.5 Å². The number of carbonyl (C=O) groups is 2. The summed E-state index contributed by atoms with van der Waals surface area (Å²) in [5.74, 6) is -0.0292. The van der Waals surface area contributed by atoms with E-state index in [9.17, 15) is 14.4 Å². The largest absolute Gasteiger partial charge is 0.479 e. The smallest absolute Gasteiger partial charge is 0.407 e. The van der Waals surface area contributed by atoms with Gasteiger partial charge in [-0.05, 0) is 23.5 Å². The Kier molecular flexibility index (Phi) is 6.48. The number of alkyl carbamates (subject to hydrolysis) is 1. The summed E-state index contributed by atoms with van der Waals surface area (Å²) in [5.41, 5.74) is 5.95. The van der Waals surface area contributed by atoms with Crippen LogP contribution in [0.2, 0.25) is 0 Å². The number of aromatic nitrogens is 6. The number of amides is 1. The number of aryl methyl sites for hydroxylation is 2. The monoisotopic (exact) mass is 599 g/mol. The molecule has 1 aliphatic carbocycles. The van der Waals surface area contributed by atoms with E-state index in [1.165, 1.54) is 7.11 Å². The van der Waals surface area contributed by atoms with Crippen LogP contribution < -0.4 is 15.7 Å². The third kappa shape index (κ3) is 4.25. The third-order valence-corrected chi connectivity index (χ3v) is 8.99. The van der Waals surface area contributed by atoms with Gasteiger partial charge in [0.25, 0.3) is 0 Å². The second-order valence-electron chi connectivity index (χ2n) is 11.7. The first-order chi connectivity index (χ1) is 21.2. The van der Waals surface area contributed by atoms with Crippen molar-refractivity contribution in [3.05, 3.63) is 52.7 Å². The quantitative estimate of drug-likeness (QED) is 0.298. The van der Waals surface area contributed by atoms with Crippen LogP contribution in [-0.2, 0) is 28.4 Å². The lowest BCUT2D eigenvalue weighted by molar-refractivity contribution is -0.150. The number of hydrogen-bond acceptors (Lipinski definition) is 8. The van der Waals surface area contributed by atoms with Crippen molar-refractivity contribution in [3.63, 3.8) is 0 Å². The highest BCUT2D eigenvalue weighted by atomic mass is 16.6. The Balaban J connectivity index is 1.56. The number of ether oxygens (including phenoxy) is 3. The molecule has 228 valence electrons. The minimum atomic E-state index is -0.647. The molecule has 2 aliphatic heterocycles. The van der Waals surface area contributed by atoms with Crippen LogP contribution in [0.25, 0.3) is 44.5 Å². The van der Waals surface area contributed by atoms with E-state index in [0.29, 0.717) is 35.4 Å². The van der Waals surface area contributed by atoms with Crippen molar-refractivity contribution in [2.24, 2.45) is 14.1 Å². The van der Waals surface area contributed by atoms with Gasteiger partial charge < -0.3 is 24.5 Å². The molecule has 8 rings (SSSR count). The van der Waals surface area contributed by atoms with Gasteiger partial charge in [0.05, 0.1) is 60.6 Å². The SMILES string of the molecule is COC(=O)N[C@H]1C[C@H]2C[C@H]1OC(=O)C[C@@H](C)c1ccc(cc1)-c1c(-c3cn(C)nc3OC)[nH]c3ncc4c(c13)n2c(=O)n4C. The molecule has 3 aliphatic rings. The van der Waals surface area contributed by atoms with Gasteiger partial charge in [0, 0.05) is 38.3 Å². The van der Waals surface area contributed by atoms with Crippen LogP contribution in [0.5, 0.6) is 5.88 Å². The number of aromatic amines is 1. The molecule has 0 saturated heterocycles. The normalized spacial score (nSPS) is 21.4. The number of rotatable bonds is 3. The van der Waals surface area contributed by atoms with Crippen LogP contribution >= 0.6 is 0 Å². The lowest BCUT2D eigenvalue weighted by Gasteiger charge is -2.21. The Morgan fingerprint density at radius 1 is 1.14 bits per heavy atom. The fourth-order valence-electron chi connectivity index (χ4n) is 6.84. The van der Waals surface area contributed by atoms with Crippen LogP contribution in [0.3, 0.4) is 0 Å². The number of benzene rings is 1. The molecule has 13 nitrogen and oxygen atoms in total. The molecule has 4 bridgehead atoms. The Labute approximate surface area is 251 Å². The first kappa shape index (κ1) is 27.7. The average molecular weight is 600 g/mol. The number of fused-ring (bicyclic) bond motifs is 5. The van der Waals surface area contributed by atoms with Gasteiger partial charge in [-0.25, -0.2) is 14.6 Å². The van der Waals surface area contributed by atoms with E-state index in [0.717, 1.165) is 33.3 Å². The molecule has 44 heavy (non-hydrogen) atoms. The van der Waals surface area contributed by atoms with Crippen LogP contribution in [-0.4, -0.2) is 67.3 Å². The van der Waals surface area contributed by atoms with E-state index in [-0.39, 0.29) is 30.0 Å². The predicted octanol–water partition coefficient (Wildman–Crippen LogP) is 3.77. The zero-order valence-electron chi connectivity index (χ0n) is 25.1. The summed E-state index contributed by atoms with van der Waals surface area (Å²) >= 11 is 0. The van der Waals surface area contributed by atoms with E-state index in [1.807, 2.05) is 44.4 Å². The van der Waals surface area contributed by atoms with Crippen molar-refractivity contribution < 1.29 is 23.8 Å². The number of esters is 1. The first-order valence-electron chi connectivity index (χ1n) is 14.5. The van der Waals surface area contributed by atoms with Gasteiger partial charge >= 0.3 is 17.8 Å². The summed E-state index contributed by atoms with van der Waals surface area (Å²) < 4.78 is 21.5. The number of nitrogens with one attached hydrogen (secondary N) is 2. The number of nitrogens with zero attached hydrogens (tertiary/aromatic N) is 5. The molecule has 4 atom stereocenters. The van der Waals surface area contributed by atoms with Crippen LogP contribution in [0, 0.1) is 0 Å². The first-order valence-corrected chi connectivity index (χ1v) is 14.5. The van der Waals surface area contributed by atoms with Gasteiger partial charge in [-0.15, -0.1) is 5.10 Å². The average Bonchev–Trinajstić information content (AvgIpc) is 3.75. The van der Waals surface area contributed by atoms with E-state index >= 15 is 0 Å².